The first-order valence-corrected chi connectivity index (χ1v) is 8.26. The van der Waals surface area contributed by atoms with Gasteiger partial charge in [0.2, 0.25) is 5.91 Å². The van der Waals surface area contributed by atoms with Crippen molar-refractivity contribution < 1.29 is 9.53 Å². The first kappa shape index (κ1) is 17.6. The summed E-state index contributed by atoms with van der Waals surface area (Å²) in [4.78, 5) is 12.0. The molecule has 0 spiro atoms. The molecule has 0 atom stereocenters. The van der Waals surface area contributed by atoms with E-state index in [-0.39, 0.29) is 5.91 Å². The highest BCUT2D eigenvalue weighted by molar-refractivity contribution is 6.35. The van der Waals surface area contributed by atoms with E-state index in [1.54, 1.807) is 12.1 Å². The van der Waals surface area contributed by atoms with E-state index in [0.29, 0.717) is 36.0 Å². The van der Waals surface area contributed by atoms with Gasteiger partial charge in [-0.1, -0.05) is 41.4 Å². The third kappa shape index (κ3) is 5.77. The van der Waals surface area contributed by atoms with Crippen molar-refractivity contribution in [3.8, 4) is 5.75 Å². The topological polar surface area (TPSA) is 38.3 Å². The molecule has 122 valence electrons. The van der Waals surface area contributed by atoms with E-state index in [1.165, 1.54) is 0 Å². The molecule has 0 saturated carbocycles. The fraction of sp³-hybridized carbons (Fsp3) is 0.278. The molecule has 5 heteroatoms. The van der Waals surface area contributed by atoms with Gasteiger partial charge in [-0.25, -0.2) is 0 Å². The predicted molar refractivity (Wildman–Crippen MR) is 94.5 cm³/mol. The van der Waals surface area contributed by atoms with Gasteiger partial charge >= 0.3 is 0 Å². The number of amides is 1. The highest BCUT2D eigenvalue weighted by Crippen LogP contribution is 2.21. The summed E-state index contributed by atoms with van der Waals surface area (Å²) in [7, 11) is 0. The predicted octanol–water partition coefficient (Wildman–Crippen LogP) is 4.29. The van der Waals surface area contributed by atoms with Gasteiger partial charge in [0.25, 0.3) is 0 Å². The third-order valence-corrected chi connectivity index (χ3v) is 3.92. The minimum Gasteiger partial charge on any atom is -0.494 e. The second-order valence-corrected chi connectivity index (χ2v) is 5.93. The Morgan fingerprint density at radius 1 is 1.13 bits per heavy atom. The second kappa shape index (κ2) is 8.80. The quantitative estimate of drug-likeness (QED) is 0.807. The Morgan fingerprint density at radius 3 is 2.52 bits per heavy atom. The lowest BCUT2D eigenvalue weighted by Crippen LogP contribution is -2.27. The summed E-state index contributed by atoms with van der Waals surface area (Å²) in [5, 5.41) is 4.13. The maximum Gasteiger partial charge on any atom is 0.224 e. The van der Waals surface area contributed by atoms with Gasteiger partial charge in [0.05, 0.1) is 13.0 Å². The molecule has 0 heterocycles. The summed E-state index contributed by atoms with van der Waals surface area (Å²) in [6, 6.07) is 12.9. The maximum atomic E-state index is 12.0. The van der Waals surface area contributed by atoms with Crippen LogP contribution < -0.4 is 10.1 Å². The van der Waals surface area contributed by atoms with Gasteiger partial charge in [-0.2, -0.15) is 0 Å². The van der Waals surface area contributed by atoms with Crippen LogP contribution in [0.1, 0.15) is 18.1 Å². The number of ether oxygens (including phenoxy) is 1. The summed E-state index contributed by atoms with van der Waals surface area (Å²) in [6.45, 7) is 3.11. The van der Waals surface area contributed by atoms with Gasteiger partial charge in [0.15, 0.2) is 0 Å². The first-order chi connectivity index (χ1) is 11.1. The highest BCUT2D eigenvalue weighted by atomic mass is 35.5. The van der Waals surface area contributed by atoms with Crippen molar-refractivity contribution in [2.75, 3.05) is 13.2 Å². The molecule has 1 N–H and O–H groups in total. The molecule has 2 aromatic carbocycles. The minimum atomic E-state index is -0.0146. The molecular weight excluding hydrogens is 333 g/mol. The number of nitrogens with one attached hydrogen (secondary N) is 1. The maximum absolute atomic E-state index is 12.0. The van der Waals surface area contributed by atoms with Crippen molar-refractivity contribution in [2.24, 2.45) is 0 Å². The third-order valence-electron chi connectivity index (χ3n) is 3.33. The van der Waals surface area contributed by atoms with E-state index in [4.69, 9.17) is 27.9 Å². The van der Waals surface area contributed by atoms with Crippen molar-refractivity contribution in [1.82, 2.24) is 5.32 Å². The number of benzene rings is 2. The van der Waals surface area contributed by atoms with E-state index < -0.39 is 0 Å². The molecule has 0 aliphatic carbocycles. The summed E-state index contributed by atoms with van der Waals surface area (Å²) >= 11 is 12.0. The minimum absolute atomic E-state index is 0.0146. The molecule has 3 nitrogen and oxygen atoms in total. The molecule has 0 aliphatic heterocycles. The SMILES string of the molecule is CCOc1ccc(CC(=O)NCCc2ccc(Cl)cc2Cl)cc1. The van der Waals surface area contributed by atoms with Crippen LogP contribution in [0.25, 0.3) is 0 Å². The van der Waals surface area contributed by atoms with Crippen molar-refractivity contribution >= 4 is 29.1 Å². The Bertz CT molecular complexity index is 657. The molecule has 23 heavy (non-hydrogen) atoms. The molecule has 0 aromatic heterocycles. The van der Waals surface area contributed by atoms with Crippen LogP contribution in [-0.4, -0.2) is 19.1 Å². The molecule has 0 fully saturated rings. The summed E-state index contributed by atoms with van der Waals surface area (Å²) in [5.41, 5.74) is 1.92. The summed E-state index contributed by atoms with van der Waals surface area (Å²) in [5.74, 6) is 0.799. The zero-order chi connectivity index (χ0) is 16.7. The van der Waals surface area contributed by atoms with E-state index in [0.717, 1.165) is 16.9 Å². The Kier molecular flexibility index (Phi) is 6.75. The Morgan fingerprint density at radius 2 is 1.87 bits per heavy atom. The standard InChI is InChI=1S/C18H19Cl2NO2/c1-2-23-16-7-3-13(4-8-16)11-18(22)21-10-9-14-5-6-15(19)12-17(14)20/h3-8,12H,2,9-11H2,1H3,(H,21,22). The number of carbonyl (C=O) groups is 1. The van der Waals surface area contributed by atoms with Crippen LogP contribution >= 0.6 is 23.2 Å². The first-order valence-electron chi connectivity index (χ1n) is 7.51. The van der Waals surface area contributed by atoms with Crippen LogP contribution in [0.15, 0.2) is 42.5 Å². The van der Waals surface area contributed by atoms with Gasteiger partial charge in [0.1, 0.15) is 5.75 Å². The van der Waals surface area contributed by atoms with Crippen molar-refractivity contribution in [3.05, 3.63) is 63.6 Å². The second-order valence-electron chi connectivity index (χ2n) is 5.09. The average Bonchev–Trinajstić information content (AvgIpc) is 2.52. The Balaban J connectivity index is 1.78. The molecule has 0 radical (unpaired) electrons. The monoisotopic (exact) mass is 351 g/mol. The Labute approximate surface area is 146 Å². The van der Waals surface area contributed by atoms with Crippen molar-refractivity contribution in [1.29, 1.82) is 0 Å². The van der Waals surface area contributed by atoms with Crippen LogP contribution in [0, 0.1) is 0 Å². The zero-order valence-corrected chi connectivity index (χ0v) is 14.5. The highest BCUT2D eigenvalue weighted by Gasteiger charge is 2.05. The van der Waals surface area contributed by atoms with Gasteiger partial charge in [0, 0.05) is 16.6 Å². The molecule has 0 bridgehead atoms. The van der Waals surface area contributed by atoms with Crippen LogP contribution in [-0.2, 0) is 17.6 Å². The average molecular weight is 352 g/mol. The molecule has 2 aromatic rings. The summed E-state index contributed by atoms with van der Waals surface area (Å²) in [6.07, 6.45) is 1.02. The van der Waals surface area contributed by atoms with Crippen molar-refractivity contribution in [3.63, 3.8) is 0 Å². The van der Waals surface area contributed by atoms with Crippen LogP contribution in [0.3, 0.4) is 0 Å². The molecule has 1 amide bonds. The number of hydrogen-bond acceptors (Lipinski definition) is 2. The van der Waals surface area contributed by atoms with E-state index in [2.05, 4.69) is 5.32 Å². The van der Waals surface area contributed by atoms with Crippen LogP contribution in [0.5, 0.6) is 5.75 Å². The normalized spacial score (nSPS) is 10.4. The molecule has 0 aliphatic rings. The lowest BCUT2D eigenvalue weighted by atomic mass is 10.1. The lowest BCUT2D eigenvalue weighted by molar-refractivity contribution is -0.120. The van der Waals surface area contributed by atoms with Gasteiger partial charge in [-0.15, -0.1) is 0 Å². The molecule has 2 rings (SSSR count). The number of halogens is 2. The molecule has 0 unspecified atom stereocenters. The number of carbonyl (C=O) groups excluding carboxylic acids is 1. The van der Waals surface area contributed by atoms with Gasteiger partial charge in [-0.3, -0.25) is 4.79 Å². The lowest BCUT2D eigenvalue weighted by Gasteiger charge is -2.08. The van der Waals surface area contributed by atoms with Crippen molar-refractivity contribution in [2.45, 2.75) is 19.8 Å². The smallest absolute Gasteiger partial charge is 0.224 e. The van der Waals surface area contributed by atoms with Gasteiger partial charge in [-0.05, 0) is 48.7 Å². The largest absolute Gasteiger partial charge is 0.494 e. The summed E-state index contributed by atoms with van der Waals surface area (Å²) < 4.78 is 5.38. The van der Waals surface area contributed by atoms with Crippen LogP contribution in [0.4, 0.5) is 0 Å². The Hall–Kier alpha value is -1.71. The fourth-order valence-corrected chi connectivity index (χ4v) is 2.68. The molecule has 0 saturated heterocycles. The van der Waals surface area contributed by atoms with Gasteiger partial charge < -0.3 is 10.1 Å². The van der Waals surface area contributed by atoms with E-state index in [9.17, 15) is 4.79 Å². The number of rotatable bonds is 7. The number of hydrogen-bond donors (Lipinski definition) is 1. The fourth-order valence-electron chi connectivity index (χ4n) is 2.18. The van der Waals surface area contributed by atoms with E-state index >= 15 is 0 Å². The zero-order valence-electron chi connectivity index (χ0n) is 12.9. The molecular formula is C18H19Cl2NO2. The van der Waals surface area contributed by atoms with Crippen LogP contribution in [0.2, 0.25) is 10.0 Å². The van der Waals surface area contributed by atoms with E-state index in [1.807, 2.05) is 37.3 Å².